The first-order chi connectivity index (χ1) is 14.0. The van der Waals surface area contributed by atoms with Gasteiger partial charge in [0.05, 0.1) is 0 Å². The molecule has 0 aliphatic carbocycles. The zero-order valence-corrected chi connectivity index (χ0v) is 16.6. The van der Waals surface area contributed by atoms with Crippen LogP contribution in [0.4, 0.5) is 4.79 Å². The molecule has 1 heterocycles. The minimum absolute atomic E-state index is 0.0845. The van der Waals surface area contributed by atoms with Crippen molar-refractivity contribution in [1.29, 1.82) is 0 Å². The van der Waals surface area contributed by atoms with E-state index >= 15 is 0 Å². The predicted octanol–water partition coefficient (Wildman–Crippen LogP) is 3.65. The van der Waals surface area contributed by atoms with Crippen LogP contribution in [0.5, 0.6) is 0 Å². The quantitative estimate of drug-likeness (QED) is 0.583. The highest BCUT2D eigenvalue weighted by atomic mass is 35.5. The fraction of sp³-hybridized carbons (Fsp3) is 0.100. The van der Waals surface area contributed by atoms with Gasteiger partial charge in [0.25, 0.3) is 5.91 Å². The van der Waals surface area contributed by atoms with Crippen LogP contribution in [0.3, 0.4) is 0 Å². The van der Waals surface area contributed by atoms with Gasteiger partial charge in [0.15, 0.2) is 12.3 Å². The normalized spacial score (nSPS) is 10.2. The molecule has 0 aliphatic rings. The second-order valence-corrected chi connectivity index (χ2v) is 7.13. The van der Waals surface area contributed by atoms with Gasteiger partial charge in [0.2, 0.25) is 0 Å². The third kappa shape index (κ3) is 6.13. The number of imide groups is 1. The van der Waals surface area contributed by atoms with Gasteiger partial charge in [-0.05, 0) is 17.7 Å². The van der Waals surface area contributed by atoms with Crippen LogP contribution >= 0.6 is 22.9 Å². The summed E-state index contributed by atoms with van der Waals surface area (Å²) in [4.78, 5) is 39.8. The molecule has 29 heavy (non-hydrogen) atoms. The van der Waals surface area contributed by atoms with Crippen molar-refractivity contribution in [2.24, 2.45) is 0 Å². The Balaban J connectivity index is 1.44. The lowest BCUT2D eigenvalue weighted by Gasteiger charge is -2.07. The van der Waals surface area contributed by atoms with E-state index in [4.69, 9.17) is 16.3 Å². The van der Waals surface area contributed by atoms with E-state index in [1.165, 1.54) is 16.7 Å². The lowest BCUT2D eigenvalue weighted by molar-refractivity contribution is -0.123. The van der Waals surface area contributed by atoms with Crippen LogP contribution in [0.25, 0.3) is 10.6 Å². The Kier molecular flexibility index (Phi) is 6.94. The van der Waals surface area contributed by atoms with Crippen molar-refractivity contribution < 1.29 is 19.1 Å². The summed E-state index contributed by atoms with van der Waals surface area (Å²) >= 11 is 7.12. The van der Waals surface area contributed by atoms with E-state index in [1.54, 1.807) is 24.3 Å². The zero-order valence-electron chi connectivity index (χ0n) is 15.1. The minimum Gasteiger partial charge on any atom is -0.451 e. The first kappa shape index (κ1) is 20.5. The number of hydrogen-bond donors (Lipinski definition) is 2. The number of hydrogen-bond acceptors (Lipinski definition) is 6. The SMILES string of the molecule is O=C(COC(=O)c1csc(-c2ccc(Cl)cc2)n1)NC(=O)NCc1ccccc1. The molecule has 0 aliphatic heterocycles. The number of ether oxygens (including phenoxy) is 1. The number of nitrogens with zero attached hydrogens (tertiary/aromatic N) is 1. The third-order valence-electron chi connectivity index (χ3n) is 3.69. The molecule has 0 fully saturated rings. The summed E-state index contributed by atoms with van der Waals surface area (Å²) < 4.78 is 4.91. The van der Waals surface area contributed by atoms with Crippen molar-refractivity contribution in [3.8, 4) is 10.6 Å². The Morgan fingerprint density at radius 2 is 1.76 bits per heavy atom. The lowest BCUT2D eigenvalue weighted by atomic mass is 10.2. The van der Waals surface area contributed by atoms with E-state index in [0.29, 0.717) is 10.0 Å². The predicted molar refractivity (Wildman–Crippen MR) is 110 cm³/mol. The Labute approximate surface area is 175 Å². The van der Waals surface area contributed by atoms with Crippen molar-refractivity contribution in [1.82, 2.24) is 15.6 Å². The molecule has 0 radical (unpaired) electrons. The average molecular weight is 430 g/mol. The summed E-state index contributed by atoms with van der Waals surface area (Å²) in [7, 11) is 0. The van der Waals surface area contributed by atoms with E-state index in [-0.39, 0.29) is 12.2 Å². The minimum atomic E-state index is -0.749. The van der Waals surface area contributed by atoms with Crippen LogP contribution in [0.15, 0.2) is 60.0 Å². The molecule has 0 saturated heterocycles. The molecule has 148 valence electrons. The highest BCUT2D eigenvalue weighted by Crippen LogP contribution is 2.25. The summed E-state index contributed by atoms with van der Waals surface area (Å²) in [6, 6.07) is 15.6. The zero-order chi connectivity index (χ0) is 20.6. The van der Waals surface area contributed by atoms with E-state index in [2.05, 4.69) is 15.6 Å². The summed E-state index contributed by atoms with van der Waals surface area (Å²) in [5.41, 5.74) is 1.79. The van der Waals surface area contributed by atoms with Crippen LogP contribution in [0.2, 0.25) is 5.02 Å². The number of rotatable bonds is 6. The number of urea groups is 1. The number of aromatic nitrogens is 1. The first-order valence-electron chi connectivity index (χ1n) is 8.51. The van der Waals surface area contributed by atoms with Crippen LogP contribution in [0.1, 0.15) is 16.1 Å². The number of benzene rings is 2. The number of nitrogens with one attached hydrogen (secondary N) is 2. The number of amides is 3. The summed E-state index contributed by atoms with van der Waals surface area (Å²) in [6.07, 6.45) is 0. The molecule has 0 saturated carbocycles. The van der Waals surface area contributed by atoms with Crippen LogP contribution < -0.4 is 10.6 Å². The topological polar surface area (TPSA) is 97.4 Å². The van der Waals surface area contributed by atoms with Gasteiger partial charge >= 0.3 is 12.0 Å². The molecule has 7 nitrogen and oxygen atoms in total. The van der Waals surface area contributed by atoms with E-state index in [9.17, 15) is 14.4 Å². The van der Waals surface area contributed by atoms with Crippen molar-refractivity contribution in [2.45, 2.75) is 6.54 Å². The van der Waals surface area contributed by atoms with Gasteiger partial charge in [-0.2, -0.15) is 0 Å². The van der Waals surface area contributed by atoms with Crippen LogP contribution in [-0.4, -0.2) is 29.5 Å². The molecule has 2 N–H and O–H groups in total. The average Bonchev–Trinajstić information content (AvgIpc) is 3.22. The van der Waals surface area contributed by atoms with Crippen LogP contribution in [-0.2, 0) is 16.1 Å². The highest BCUT2D eigenvalue weighted by Gasteiger charge is 2.16. The monoisotopic (exact) mass is 429 g/mol. The maximum absolute atomic E-state index is 12.1. The third-order valence-corrected chi connectivity index (χ3v) is 4.83. The van der Waals surface area contributed by atoms with Gasteiger partial charge in [0.1, 0.15) is 5.01 Å². The number of carbonyl (C=O) groups is 3. The number of esters is 1. The molecule has 3 rings (SSSR count). The van der Waals surface area contributed by atoms with Crippen LogP contribution in [0, 0.1) is 0 Å². The number of halogens is 1. The fourth-order valence-corrected chi connectivity index (χ4v) is 3.20. The molecule has 3 amide bonds. The maximum Gasteiger partial charge on any atom is 0.358 e. The largest absolute Gasteiger partial charge is 0.451 e. The molecule has 0 spiro atoms. The van der Waals surface area contributed by atoms with Crippen molar-refractivity contribution in [3.63, 3.8) is 0 Å². The molecule has 0 bridgehead atoms. The standard InChI is InChI=1S/C20H16ClN3O4S/c21-15-8-6-14(7-9-15)18-23-16(12-29-18)19(26)28-11-17(25)24-20(27)22-10-13-4-2-1-3-5-13/h1-9,12H,10-11H2,(H2,22,24,25,27). The van der Waals surface area contributed by atoms with E-state index < -0.39 is 24.5 Å². The maximum atomic E-state index is 12.1. The van der Waals surface area contributed by atoms with Gasteiger partial charge in [-0.15, -0.1) is 11.3 Å². The smallest absolute Gasteiger partial charge is 0.358 e. The Morgan fingerprint density at radius 3 is 2.48 bits per heavy atom. The van der Waals surface area contributed by atoms with Crippen molar-refractivity contribution >= 4 is 40.8 Å². The Bertz CT molecular complexity index is 1010. The second kappa shape index (κ2) is 9.81. The molecular weight excluding hydrogens is 414 g/mol. The molecule has 3 aromatic rings. The number of thiazole rings is 1. The summed E-state index contributed by atoms with van der Waals surface area (Å²) in [6.45, 7) is -0.322. The summed E-state index contributed by atoms with van der Waals surface area (Å²) in [5.74, 6) is -1.49. The van der Waals surface area contributed by atoms with Gasteiger partial charge in [0, 0.05) is 22.5 Å². The first-order valence-corrected chi connectivity index (χ1v) is 9.77. The molecule has 1 aromatic heterocycles. The van der Waals surface area contributed by atoms with E-state index in [0.717, 1.165) is 11.1 Å². The van der Waals surface area contributed by atoms with Gasteiger partial charge < -0.3 is 10.1 Å². The van der Waals surface area contributed by atoms with Crippen molar-refractivity contribution in [3.05, 3.63) is 76.3 Å². The van der Waals surface area contributed by atoms with E-state index in [1.807, 2.05) is 30.3 Å². The highest BCUT2D eigenvalue weighted by molar-refractivity contribution is 7.13. The number of carbonyl (C=O) groups excluding carboxylic acids is 3. The summed E-state index contributed by atoms with van der Waals surface area (Å²) in [5, 5.41) is 7.40. The van der Waals surface area contributed by atoms with Gasteiger partial charge in [-0.25, -0.2) is 14.6 Å². The molecule has 0 atom stereocenters. The molecule has 0 unspecified atom stereocenters. The Hall–Kier alpha value is -3.23. The van der Waals surface area contributed by atoms with Gasteiger partial charge in [-0.3, -0.25) is 10.1 Å². The molecule has 9 heteroatoms. The lowest BCUT2D eigenvalue weighted by Crippen LogP contribution is -2.41. The molecular formula is C20H16ClN3O4S. The fourth-order valence-electron chi connectivity index (χ4n) is 2.28. The molecule has 2 aromatic carbocycles. The second-order valence-electron chi connectivity index (χ2n) is 5.84. The van der Waals surface area contributed by atoms with Gasteiger partial charge in [-0.1, -0.05) is 54.1 Å². The van der Waals surface area contributed by atoms with Crippen molar-refractivity contribution in [2.75, 3.05) is 6.61 Å². The Morgan fingerprint density at radius 1 is 1.03 bits per heavy atom.